The summed E-state index contributed by atoms with van der Waals surface area (Å²) < 4.78 is 11.7. The maximum Gasteiger partial charge on any atom is 0.342 e. The van der Waals surface area contributed by atoms with Gasteiger partial charge in [0.25, 0.3) is 0 Å². The molecular formula is C21H42N3O5P. The van der Waals surface area contributed by atoms with E-state index in [0.29, 0.717) is 19.4 Å². The van der Waals surface area contributed by atoms with Gasteiger partial charge in [-0.15, -0.1) is 0 Å². The second-order valence-corrected chi connectivity index (χ2v) is 10.6. The fourth-order valence-corrected chi connectivity index (χ4v) is 4.67. The predicted octanol–water partition coefficient (Wildman–Crippen LogP) is 3.03. The highest BCUT2D eigenvalue weighted by molar-refractivity contribution is 7.52. The third-order valence-electron chi connectivity index (χ3n) is 5.56. The van der Waals surface area contributed by atoms with Crippen LogP contribution in [0.4, 0.5) is 0 Å². The van der Waals surface area contributed by atoms with Crippen LogP contribution < -0.4 is 16.0 Å². The van der Waals surface area contributed by atoms with Crippen LogP contribution in [0.5, 0.6) is 0 Å². The number of nitrogens with one attached hydrogen (secondary N) is 3. The number of rotatable bonds is 8. The van der Waals surface area contributed by atoms with Crippen molar-refractivity contribution in [3.8, 4) is 0 Å². The standard InChI is InChI=1S/C21H42N3O5P/c1-4-19(30(27,28)29)23-18(15-16(2)3)21(26)24-17-13-11-9-7-5-6-8-10-12-14-22-20(17)25/h16-19,23H,4-15H2,1-3H3,(H,22,25)(H,24,26)(H2,27,28,29)/t17?,18-,19+/m1/s1. The van der Waals surface area contributed by atoms with Gasteiger partial charge in [-0.2, -0.15) is 0 Å². The van der Waals surface area contributed by atoms with E-state index in [1.165, 1.54) is 19.3 Å². The van der Waals surface area contributed by atoms with Gasteiger partial charge in [0, 0.05) is 6.54 Å². The Labute approximate surface area is 181 Å². The molecule has 5 N–H and O–H groups in total. The lowest BCUT2D eigenvalue weighted by molar-refractivity contribution is -0.130. The van der Waals surface area contributed by atoms with Gasteiger partial charge in [-0.25, -0.2) is 0 Å². The van der Waals surface area contributed by atoms with Gasteiger partial charge in [0.2, 0.25) is 11.8 Å². The molecule has 1 aliphatic heterocycles. The first kappa shape index (κ1) is 27.1. The highest BCUT2D eigenvalue weighted by Gasteiger charge is 2.33. The number of hydrogen-bond donors (Lipinski definition) is 5. The minimum atomic E-state index is -4.37. The van der Waals surface area contributed by atoms with Gasteiger partial charge >= 0.3 is 7.60 Å². The zero-order valence-corrected chi connectivity index (χ0v) is 19.8. The number of carbonyl (C=O) groups excluding carboxylic acids is 2. The second-order valence-electron chi connectivity index (χ2n) is 8.83. The summed E-state index contributed by atoms with van der Waals surface area (Å²) in [6.45, 7) is 6.18. The third-order valence-corrected chi connectivity index (χ3v) is 6.89. The Kier molecular flexibility index (Phi) is 12.8. The molecule has 0 spiro atoms. The molecule has 3 atom stereocenters. The molecule has 0 aromatic heterocycles. The molecule has 0 aliphatic carbocycles. The van der Waals surface area contributed by atoms with Gasteiger partial charge in [-0.3, -0.25) is 19.5 Å². The first-order valence-electron chi connectivity index (χ1n) is 11.5. The molecule has 0 aromatic rings. The van der Waals surface area contributed by atoms with Crippen LogP contribution in [0.25, 0.3) is 0 Å². The van der Waals surface area contributed by atoms with Crippen LogP contribution >= 0.6 is 7.60 Å². The molecule has 0 radical (unpaired) electrons. The van der Waals surface area contributed by atoms with Gasteiger partial charge in [-0.05, 0) is 31.6 Å². The highest BCUT2D eigenvalue weighted by atomic mass is 31.2. The van der Waals surface area contributed by atoms with Crippen LogP contribution in [0, 0.1) is 5.92 Å². The fraction of sp³-hybridized carbons (Fsp3) is 0.905. The molecule has 1 saturated heterocycles. The van der Waals surface area contributed by atoms with Crippen molar-refractivity contribution < 1.29 is 23.9 Å². The van der Waals surface area contributed by atoms with Crippen molar-refractivity contribution in [3.63, 3.8) is 0 Å². The number of carbonyl (C=O) groups is 2. The van der Waals surface area contributed by atoms with E-state index >= 15 is 0 Å². The minimum absolute atomic E-state index is 0.149. The molecule has 1 aliphatic rings. The van der Waals surface area contributed by atoms with Crippen molar-refractivity contribution in [2.45, 2.75) is 109 Å². The van der Waals surface area contributed by atoms with Gasteiger partial charge in [0.15, 0.2) is 0 Å². The van der Waals surface area contributed by atoms with E-state index < -0.39 is 25.5 Å². The molecule has 1 rings (SSSR count). The molecule has 1 unspecified atom stereocenters. The van der Waals surface area contributed by atoms with E-state index in [9.17, 15) is 23.9 Å². The van der Waals surface area contributed by atoms with Crippen LogP contribution in [-0.4, -0.2) is 46.0 Å². The summed E-state index contributed by atoms with van der Waals surface area (Å²) in [6, 6.07) is -1.38. The molecular weight excluding hydrogens is 405 g/mol. The normalized spacial score (nSPS) is 22.2. The van der Waals surface area contributed by atoms with Gasteiger partial charge in [0.1, 0.15) is 11.8 Å². The van der Waals surface area contributed by atoms with E-state index in [1.807, 2.05) is 13.8 Å². The molecule has 1 fully saturated rings. The van der Waals surface area contributed by atoms with Crippen LogP contribution in [0.1, 0.15) is 91.4 Å². The van der Waals surface area contributed by atoms with Crippen LogP contribution in [0.15, 0.2) is 0 Å². The van der Waals surface area contributed by atoms with Gasteiger partial charge in [0.05, 0.1) is 6.04 Å². The number of amides is 2. The molecule has 9 heteroatoms. The fourth-order valence-electron chi connectivity index (χ4n) is 3.82. The molecule has 30 heavy (non-hydrogen) atoms. The molecule has 0 bridgehead atoms. The maximum absolute atomic E-state index is 13.0. The van der Waals surface area contributed by atoms with Gasteiger partial charge in [-0.1, -0.05) is 65.7 Å². The molecule has 176 valence electrons. The van der Waals surface area contributed by atoms with Crippen LogP contribution in [0.2, 0.25) is 0 Å². The molecule has 0 saturated carbocycles. The Bertz CT molecular complexity index is 567. The Hall–Kier alpha value is -0.950. The van der Waals surface area contributed by atoms with Crippen molar-refractivity contribution in [3.05, 3.63) is 0 Å². The predicted molar refractivity (Wildman–Crippen MR) is 119 cm³/mol. The number of hydrogen-bond acceptors (Lipinski definition) is 4. The Morgan fingerprint density at radius 2 is 1.67 bits per heavy atom. The summed E-state index contributed by atoms with van der Waals surface area (Å²) in [7, 11) is -4.37. The van der Waals surface area contributed by atoms with E-state index in [1.54, 1.807) is 6.92 Å². The van der Waals surface area contributed by atoms with Crippen molar-refractivity contribution >= 4 is 19.4 Å². The van der Waals surface area contributed by atoms with E-state index in [2.05, 4.69) is 16.0 Å². The van der Waals surface area contributed by atoms with E-state index in [-0.39, 0.29) is 24.2 Å². The molecule has 2 amide bonds. The average molecular weight is 448 g/mol. The second kappa shape index (κ2) is 14.2. The Morgan fingerprint density at radius 1 is 1.10 bits per heavy atom. The highest BCUT2D eigenvalue weighted by Crippen LogP contribution is 2.41. The SMILES string of the molecule is CC[C@@H](N[C@H](CC(C)C)C(=O)NC1CCCCCCCCCCNC1=O)P(=O)(O)O. The largest absolute Gasteiger partial charge is 0.354 e. The Balaban J connectivity index is 2.84. The van der Waals surface area contributed by atoms with Crippen molar-refractivity contribution in [2.75, 3.05) is 6.54 Å². The zero-order valence-electron chi connectivity index (χ0n) is 18.9. The summed E-state index contributed by atoms with van der Waals surface area (Å²) in [5.74, 6) is -1.48. The third kappa shape index (κ3) is 10.9. The van der Waals surface area contributed by atoms with Crippen molar-refractivity contribution in [2.24, 2.45) is 5.92 Å². The summed E-state index contributed by atoms with van der Waals surface area (Å²) in [5, 5.41) is 8.64. The average Bonchev–Trinajstić information content (AvgIpc) is 2.67. The molecule has 8 nitrogen and oxygen atoms in total. The topological polar surface area (TPSA) is 128 Å². The first-order valence-corrected chi connectivity index (χ1v) is 13.2. The molecule has 1 heterocycles. The Morgan fingerprint density at radius 3 is 2.20 bits per heavy atom. The van der Waals surface area contributed by atoms with E-state index in [4.69, 9.17) is 0 Å². The lowest BCUT2D eigenvalue weighted by Crippen LogP contribution is -2.54. The monoisotopic (exact) mass is 447 g/mol. The van der Waals surface area contributed by atoms with Crippen LogP contribution in [-0.2, 0) is 14.2 Å². The summed E-state index contributed by atoms with van der Waals surface area (Å²) in [6.07, 6.45) is 9.90. The summed E-state index contributed by atoms with van der Waals surface area (Å²) >= 11 is 0. The minimum Gasteiger partial charge on any atom is -0.354 e. The van der Waals surface area contributed by atoms with Crippen molar-refractivity contribution in [1.29, 1.82) is 0 Å². The molecule has 0 aromatic carbocycles. The lowest BCUT2D eigenvalue weighted by Gasteiger charge is -2.28. The van der Waals surface area contributed by atoms with E-state index in [0.717, 1.165) is 32.1 Å². The summed E-state index contributed by atoms with van der Waals surface area (Å²) in [4.78, 5) is 44.8. The van der Waals surface area contributed by atoms with Crippen LogP contribution in [0.3, 0.4) is 0 Å². The summed E-state index contributed by atoms with van der Waals surface area (Å²) in [5.41, 5.74) is 0. The van der Waals surface area contributed by atoms with Gasteiger partial charge < -0.3 is 20.4 Å². The quantitative estimate of drug-likeness (QED) is 0.364. The maximum atomic E-state index is 13.0. The zero-order chi connectivity index (χ0) is 22.6. The first-order chi connectivity index (χ1) is 14.1. The lowest BCUT2D eigenvalue weighted by atomic mass is 10.0. The van der Waals surface area contributed by atoms with Crippen molar-refractivity contribution in [1.82, 2.24) is 16.0 Å². The smallest absolute Gasteiger partial charge is 0.342 e.